The lowest BCUT2D eigenvalue weighted by Crippen LogP contribution is -2.26. The molecule has 0 bridgehead atoms. The van der Waals surface area contributed by atoms with Crippen LogP contribution in [0.2, 0.25) is 0 Å². The number of alkyl halides is 3. The molecule has 15 nitrogen and oxygen atoms in total. The number of fused-ring (bicyclic) bond motifs is 4. The van der Waals surface area contributed by atoms with Crippen LogP contribution in [0.25, 0.3) is 10.9 Å². The van der Waals surface area contributed by atoms with Gasteiger partial charge in [0.25, 0.3) is 0 Å². The number of carbonyl (C=O) groups is 6. The molecule has 7 atom stereocenters. The van der Waals surface area contributed by atoms with Crippen LogP contribution in [0.4, 0.5) is 18.9 Å². The first kappa shape index (κ1) is 97.6. The normalized spacial score (nSPS) is 13.7. The molecule has 1 unspecified atom stereocenters. The molecule has 0 amide bonds. The van der Waals surface area contributed by atoms with Crippen LogP contribution in [-0.4, -0.2) is 71.8 Å². The molecule has 127 heavy (non-hydrogen) atoms. The fourth-order valence-electron chi connectivity index (χ4n) is 16.3. The van der Waals surface area contributed by atoms with E-state index in [0.29, 0.717) is 54.0 Å². The molecule has 11 aromatic carbocycles. The van der Waals surface area contributed by atoms with E-state index in [4.69, 9.17) is 14.9 Å². The number of nitrogens with zero attached hydrogens (tertiary/aromatic N) is 3. The first-order valence-corrected chi connectivity index (χ1v) is 44.2. The number of rotatable bonds is 29. The Morgan fingerprint density at radius 1 is 0.457 bits per heavy atom. The number of ketones is 3. The van der Waals surface area contributed by atoms with Crippen molar-refractivity contribution in [2.75, 3.05) is 11.9 Å². The zero-order chi connectivity index (χ0) is 90.9. The second kappa shape index (κ2) is 51.3. The maximum Gasteiger partial charge on any atom is 0.417 e. The Hall–Kier alpha value is -13.2. The molecule has 0 spiro atoms. The van der Waals surface area contributed by atoms with Crippen LogP contribution in [0.5, 0.6) is 5.75 Å². The molecule has 0 saturated carbocycles. The van der Waals surface area contributed by atoms with Gasteiger partial charge in [0.1, 0.15) is 24.2 Å². The number of hydrogen-bond acceptors (Lipinski definition) is 11. The van der Waals surface area contributed by atoms with Crippen molar-refractivity contribution in [3.8, 4) is 5.75 Å². The number of anilines is 1. The van der Waals surface area contributed by atoms with Crippen molar-refractivity contribution < 1.29 is 56.9 Å². The molecule has 0 fully saturated rings. The van der Waals surface area contributed by atoms with E-state index in [0.717, 1.165) is 104 Å². The highest BCUT2D eigenvalue weighted by molar-refractivity contribution is 6.15. The van der Waals surface area contributed by atoms with Gasteiger partial charge in [-0.3, -0.25) is 38.2 Å². The summed E-state index contributed by atoms with van der Waals surface area (Å²) < 4.78 is 46.6. The molecule has 660 valence electrons. The molecule has 0 radical (unpaired) electrons. The number of halogens is 3. The van der Waals surface area contributed by atoms with Gasteiger partial charge in [0, 0.05) is 59.8 Å². The van der Waals surface area contributed by atoms with E-state index in [1.807, 2.05) is 238 Å². The van der Waals surface area contributed by atoms with Gasteiger partial charge in [-0.15, -0.1) is 0 Å². The summed E-state index contributed by atoms with van der Waals surface area (Å²) in [5, 5.41) is 24.7. The van der Waals surface area contributed by atoms with Gasteiger partial charge in [-0.2, -0.15) is 18.3 Å². The van der Waals surface area contributed by atoms with Gasteiger partial charge < -0.3 is 25.3 Å². The Morgan fingerprint density at radius 3 is 1.24 bits per heavy atom. The average molecular weight is 1720 g/mol. The summed E-state index contributed by atoms with van der Waals surface area (Å²) in [6.07, 6.45) is 9.37. The number of para-hydroxylation sites is 1. The Kier molecular flexibility index (Phi) is 39.4. The second-order valence-corrected chi connectivity index (χ2v) is 31.7. The summed E-state index contributed by atoms with van der Waals surface area (Å²) in [6.45, 7) is 16.4. The molecule has 18 heteroatoms. The molecule has 15 rings (SSSR count). The van der Waals surface area contributed by atoms with E-state index >= 15 is 0 Å². The van der Waals surface area contributed by atoms with Gasteiger partial charge in [0.15, 0.2) is 11.6 Å². The van der Waals surface area contributed by atoms with E-state index in [1.54, 1.807) is 36.9 Å². The number of aryl methyl sites for hydroxylation is 1. The molecule has 1 aliphatic carbocycles. The van der Waals surface area contributed by atoms with E-state index in [2.05, 4.69) is 115 Å². The number of aromatic nitrogens is 4. The minimum atomic E-state index is -4.54. The molecular formula is C109H118F3N5O10. The lowest BCUT2D eigenvalue weighted by Gasteiger charge is -2.28. The number of benzene rings is 11. The molecule has 0 saturated heterocycles. The summed E-state index contributed by atoms with van der Waals surface area (Å²) >= 11 is 0. The number of carboxylic acids is 2. The Morgan fingerprint density at radius 2 is 0.843 bits per heavy atom. The Labute approximate surface area is 745 Å². The van der Waals surface area contributed by atoms with E-state index in [1.165, 1.54) is 28.7 Å². The highest BCUT2D eigenvalue weighted by Crippen LogP contribution is 2.42. The third-order valence-corrected chi connectivity index (χ3v) is 23.4. The fourth-order valence-corrected chi connectivity index (χ4v) is 16.3. The number of aliphatic carboxylic acids is 2. The quantitative estimate of drug-likeness (QED) is 0.0195. The van der Waals surface area contributed by atoms with Crippen LogP contribution in [0.15, 0.2) is 327 Å². The van der Waals surface area contributed by atoms with Crippen LogP contribution < -0.4 is 15.6 Å². The van der Waals surface area contributed by atoms with Crippen molar-refractivity contribution in [3.63, 3.8) is 0 Å². The molecule has 2 aliphatic rings. The summed E-state index contributed by atoms with van der Waals surface area (Å²) in [6, 6.07) is 98.5. The average Bonchev–Trinajstić information content (AvgIpc) is 0.884. The fraction of sp³-hybridized carbons (Fsp3) is 0.294. The maximum absolute atomic E-state index is 13.5. The molecule has 13 aromatic rings. The second-order valence-electron chi connectivity index (χ2n) is 31.7. The first-order valence-electron chi connectivity index (χ1n) is 44.2. The minimum Gasteiger partial charge on any atom is -0.481 e. The molecule has 1 aliphatic heterocycles. The van der Waals surface area contributed by atoms with Crippen LogP contribution in [0.1, 0.15) is 268 Å². The predicted molar refractivity (Wildman–Crippen MR) is 502 cm³/mol. The lowest BCUT2D eigenvalue weighted by atomic mass is 9.73. The highest BCUT2D eigenvalue weighted by atomic mass is 19.4. The standard InChI is InChI=1S/C25H22O2.C17H18O2.C17H18O.C15H15F3N2O.C13H17N3.2C11H14O2/c1-2-17(18-10-4-3-5-11-18)16-23(26)24-19-12-6-8-14-21(19)25(27)22-15-9-7-13-20(22)24;1-2-14(15-9-5-3-6-10-15)13-17(18)19-16-11-7-4-8-12-16;1-2-14(15-9-5-3-6-10-15)13-17(18)16-11-7-4-8-12-16;1-2-8-3-4-19-12-7-13-10(5-9(8)12)11(15(16,17)18)6-14(21)20-13;1-2-12(13-6-4-3-5-7-13)8-9-16-11-14-10-15-16;2*1-2-9(8-11(12)13)10-6-4-3-5-7-10/h3-15,17,24H,2,16H2,1H3;3-12,14H,2,13H2,1H3;3-12,14H,2,13H2,1H3;5-8,19H,2-4H2,1H3,(H,20,21);3-7,10-12H,2,8-9H2,1H3;2*3-7,9H,2,8H2,1H3,(H,12,13)/t17-;2*14-;;12-;2*9-/m000.000/s1. The van der Waals surface area contributed by atoms with Gasteiger partial charge in [0.2, 0.25) is 5.56 Å². The summed E-state index contributed by atoms with van der Waals surface area (Å²) in [5.41, 5.74) is 11.4. The third kappa shape index (κ3) is 30.0. The van der Waals surface area contributed by atoms with Crippen molar-refractivity contribution in [1.82, 2.24) is 19.7 Å². The van der Waals surface area contributed by atoms with Crippen LogP contribution in [-0.2, 0) is 31.9 Å². The Bertz CT molecular complexity index is 5450. The van der Waals surface area contributed by atoms with Gasteiger partial charge in [-0.1, -0.05) is 328 Å². The zero-order valence-electron chi connectivity index (χ0n) is 73.7. The maximum atomic E-state index is 13.5. The molecule has 2 aromatic heterocycles. The number of carboxylic acid groups (broad SMARTS) is 2. The molecular weight excluding hydrogens is 1600 g/mol. The van der Waals surface area contributed by atoms with Crippen molar-refractivity contribution in [2.45, 2.75) is 198 Å². The number of nitrogens with one attached hydrogen (secondary N) is 2. The number of hydrogen-bond donors (Lipinski definition) is 4. The highest BCUT2D eigenvalue weighted by Gasteiger charge is 2.37. The van der Waals surface area contributed by atoms with E-state index in [-0.39, 0.29) is 82.6 Å². The van der Waals surface area contributed by atoms with Crippen LogP contribution in [0.3, 0.4) is 0 Å². The monoisotopic (exact) mass is 1710 g/mol. The minimum absolute atomic E-state index is 0.0142. The number of carbonyl (C=O) groups excluding carboxylic acids is 4. The van der Waals surface area contributed by atoms with E-state index in [9.17, 15) is 46.7 Å². The van der Waals surface area contributed by atoms with Gasteiger partial charge in [-0.05, 0) is 174 Å². The SMILES string of the molecule is CCC1CCNc2cc3[nH]c(=O)cc(C(F)(F)F)c3cc21.CC[C@@H](CC(=O)C1c2ccccc2C(=O)c2ccccc21)c1ccccc1.CC[C@@H](CC(=O)O)c1ccccc1.CC[C@@H](CC(=O)O)c1ccccc1.CC[C@@H](CC(=O)Oc1ccccc1)c1ccccc1.CC[C@@H](CC(=O)c1ccccc1)c1ccccc1.CC[C@@H](CCn1cncn1)c1ccccc1. The molecule has 4 N–H and O–H groups in total. The van der Waals surface area contributed by atoms with Gasteiger partial charge in [0.05, 0.1) is 36.3 Å². The number of aromatic amines is 1. The molecule has 3 heterocycles. The summed E-state index contributed by atoms with van der Waals surface area (Å²) in [4.78, 5) is 89.4. The van der Waals surface area contributed by atoms with Gasteiger partial charge in [-0.25, -0.2) is 4.98 Å². The number of ether oxygens (including phenoxy) is 1. The zero-order valence-corrected chi connectivity index (χ0v) is 73.7. The first-order chi connectivity index (χ1) is 61.6. The number of Topliss-reactive ketones (excluding diaryl/α,β-unsaturated/α-hetero) is 2. The van der Waals surface area contributed by atoms with Crippen LogP contribution >= 0.6 is 0 Å². The lowest BCUT2D eigenvalue weighted by molar-refractivity contribution is -0.138. The Balaban J connectivity index is 0.000000170. The largest absolute Gasteiger partial charge is 0.481 e. The van der Waals surface area contributed by atoms with Crippen molar-refractivity contribution >= 4 is 51.8 Å². The smallest absolute Gasteiger partial charge is 0.417 e. The summed E-state index contributed by atoms with van der Waals surface area (Å²) in [5.74, 6) is 0.926. The topological polar surface area (TPSA) is 228 Å². The third-order valence-electron chi connectivity index (χ3n) is 23.4. The van der Waals surface area contributed by atoms with Crippen LogP contribution in [0, 0.1) is 0 Å². The van der Waals surface area contributed by atoms with Crippen molar-refractivity contribution in [3.05, 3.63) is 405 Å². The van der Waals surface area contributed by atoms with Gasteiger partial charge >= 0.3 is 24.1 Å². The van der Waals surface area contributed by atoms with E-state index < -0.39 is 29.2 Å². The van der Waals surface area contributed by atoms with Crippen molar-refractivity contribution in [1.29, 1.82) is 0 Å². The summed E-state index contributed by atoms with van der Waals surface area (Å²) in [7, 11) is 0. The number of pyridine rings is 1. The number of esters is 1. The predicted octanol–water partition coefficient (Wildman–Crippen LogP) is 26.2. The number of H-pyrrole nitrogens is 1. The van der Waals surface area contributed by atoms with Crippen molar-refractivity contribution in [2.24, 2.45) is 0 Å².